The third-order valence-corrected chi connectivity index (χ3v) is 4.89. The summed E-state index contributed by atoms with van der Waals surface area (Å²) in [5.41, 5.74) is 2.06. The number of nitrogens with one attached hydrogen (secondary N) is 1. The topological polar surface area (TPSA) is 65.5 Å². The SMILES string of the molecule is CSCc1cc2cc(c1)OCCOCOc1cc(F)ccc1-c1nc(ncc1F)N2. The minimum Gasteiger partial charge on any atom is -0.491 e. The van der Waals surface area contributed by atoms with Gasteiger partial charge in [-0.25, -0.2) is 18.7 Å². The fourth-order valence-electron chi connectivity index (χ4n) is 3.01. The van der Waals surface area contributed by atoms with Crippen LogP contribution >= 0.6 is 11.8 Å². The van der Waals surface area contributed by atoms with E-state index in [4.69, 9.17) is 14.2 Å². The van der Waals surface area contributed by atoms with Gasteiger partial charge in [0.2, 0.25) is 5.95 Å². The Morgan fingerprint density at radius 2 is 2.00 bits per heavy atom. The van der Waals surface area contributed by atoms with Gasteiger partial charge in [0.25, 0.3) is 0 Å². The van der Waals surface area contributed by atoms with Gasteiger partial charge in [-0.1, -0.05) is 0 Å². The van der Waals surface area contributed by atoms with E-state index in [-0.39, 0.29) is 30.8 Å². The lowest BCUT2D eigenvalue weighted by Crippen LogP contribution is -2.11. The Hall–Kier alpha value is -2.91. The van der Waals surface area contributed by atoms with Crippen LogP contribution in [0.15, 0.2) is 42.6 Å². The average Bonchev–Trinajstić information content (AvgIpc) is 2.72. The average molecular weight is 431 g/mol. The molecule has 30 heavy (non-hydrogen) atoms. The molecule has 0 atom stereocenters. The number of nitrogens with zero attached hydrogens (tertiary/aromatic N) is 2. The summed E-state index contributed by atoms with van der Waals surface area (Å²) < 4.78 is 45.0. The van der Waals surface area contributed by atoms with Gasteiger partial charge in [-0.05, 0) is 36.1 Å². The van der Waals surface area contributed by atoms with Gasteiger partial charge in [0.1, 0.15) is 29.6 Å². The van der Waals surface area contributed by atoms with Crippen molar-refractivity contribution >= 4 is 23.4 Å². The zero-order valence-corrected chi connectivity index (χ0v) is 17.0. The predicted molar refractivity (Wildman–Crippen MR) is 111 cm³/mol. The Labute approximate surface area is 176 Å². The van der Waals surface area contributed by atoms with Crippen LogP contribution in [-0.2, 0) is 10.5 Å². The van der Waals surface area contributed by atoms with E-state index in [1.165, 1.54) is 18.2 Å². The summed E-state index contributed by atoms with van der Waals surface area (Å²) in [6, 6.07) is 9.52. The van der Waals surface area contributed by atoms with E-state index in [0.29, 0.717) is 23.6 Å². The first kappa shape index (κ1) is 20.4. The Bertz CT molecular complexity index is 1050. The van der Waals surface area contributed by atoms with Crippen molar-refractivity contribution in [3.8, 4) is 22.8 Å². The molecule has 2 aromatic carbocycles. The van der Waals surface area contributed by atoms with E-state index in [1.54, 1.807) is 11.8 Å². The van der Waals surface area contributed by atoms with Gasteiger partial charge >= 0.3 is 0 Å². The summed E-state index contributed by atoms with van der Waals surface area (Å²) in [6.07, 6.45) is 3.08. The number of fused-ring (bicyclic) bond motifs is 6. The van der Waals surface area contributed by atoms with E-state index in [0.717, 1.165) is 17.5 Å². The molecular formula is C21H19F2N3O3S. The van der Waals surface area contributed by atoms with E-state index < -0.39 is 11.6 Å². The van der Waals surface area contributed by atoms with Gasteiger partial charge in [0.05, 0.1) is 12.8 Å². The van der Waals surface area contributed by atoms with E-state index in [1.807, 2.05) is 24.5 Å². The molecule has 1 N–H and O–H groups in total. The molecule has 0 saturated heterocycles. The Morgan fingerprint density at radius 1 is 1.10 bits per heavy atom. The quantitative estimate of drug-likeness (QED) is 0.627. The van der Waals surface area contributed by atoms with Crippen LogP contribution < -0.4 is 14.8 Å². The fourth-order valence-corrected chi connectivity index (χ4v) is 3.51. The first-order chi connectivity index (χ1) is 14.6. The van der Waals surface area contributed by atoms with Crippen molar-refractivity contribution in [2.24, 2.45) is 0 Å². The van der Waals surface area contributed by atoms with Crippen LogP contribution in [-0.4, -0.2) is 36.2 Å². The summed E-state index contributed by atoms with van der Waals surface area (Å²) in [6.45, 7) is 0.428. The maximum Gasteiger partial charge on any atom is 0.227 e. The summed E-state index contributed by atoms with van der Waals surface area (Å²) in [4.78, 5) is 8.33. The first-order valence-electron chi connectivity index (χ1n) is 9.18. The molecule has 0 radical (unpaired) electrons. The van der Waals surface area contributed by atoms with E-state index in [2.05, 4.69) is 15.3 Å². The third kappa shape index (κ3) is 4.80. The van der Waals surface area contributed by atoms with Crippen molar-refractivity contribution in [3.63, 3.8) is 0 Å². The zero-order valence-electron chi connectivity index (χ0n) is 16.2. The molecule has 9 heteroatoms. The molecule has 0 fully saturated rings. The molecule has 1 aromatic heterocycles. The van der Waals surface area contributed by atoms with Crippen LogP contribution in [0.1, 0.15) is 5.56 Å². The van der Waals surface area contributed by atoms with Crippen LogP contribution in [0.3, 0.4) is 0 Å². The largest absolute Gasteiger partial charge is 0.491 e. The van der Waals surface area contributed by atoms with Crippen LogP contribution in [0.25, 0.3) is 11.3 Å². The molecule has 4 rings (SSSR count). The van der Waals surface area contributed by atoms with Gasteiger partial charge in [0, 0.05) is 29.1 Å². The molecule has 0 spiro atoms. The molecule has 156 valence electrons. The Morgan fingerprint density at radius 3 is 2.87 bits per heavy atom. The predicted octanol–water partition coefficient (Wildman–Crippen LogP) is 4.77. The van der Waals surface area contributed by atoms with Crippen molar-refractivity contribution in [1.82, 2.24) is 9.97 Å². The second kappa shape index (κ2) is 9.27. The minimum absolute atomic E-state index is 0.00545. The molecule has 0 unspecified atom stereocenters. The molecule has 1 aliphatic heterocycles. The number of halogens is 2. The highest BCUT2D eigenvalue weighted by Gasteiger charge is 2.16. The van der Waals surface area contributed by atoms with Crippen LogP contribution in [0.4, 0.5) is 20.4 Å². The highest BCUT2D eigenvalue weighted by molar-refractivity contribution is 7.97. The van der Waals surface area contributed by atoms with Crippen molar-refractivity contribution < 1.29 is 23.0 Å². The monoisotopic (exact) mass is 431 g/mol. The summed E-state index contributed by atoms with van der Waals surface area (Å²) in [5, 5.41) is 3.10. The highest BCUT2D eigenvalue weighted by atomic mass is 32.2. The zero-order chi connectivity index (χ0) is 20.9. The molecule has 0 aliphatic carbocycles. The molecule has 3 aromatic rings. The third-order valence-electron chi connectivity index (χ3n) is 4.27. The number of aromatic nitrogens is 2. The Balaban J connectivity index is 1.78. The van der Waals surface area contributed by atoms with Gasteiger partial charge in [-0.2, -0.15) is 11.8 Å². The van der Waals surface area contributed by atoms with Gasteiger partial charge in [-0.3, -0.25) is 0 Å². The van der Waals surface area contributed by atoms with Crippen LogP contribution in [0, 0.1) is 11.6 Å². The molecule has 1 aliphatic rings. The number of ether oxygens (including phenoxy) is 3. The second-order valence-corrected chi connectivity index (χ2v) is 7.34. The number of thioether (sulfide) groups is 1. The van der Waals surface area contributed by atoms with Crippen molar-refractivity contribution in [1.29, 1.82) is 0 Å². The fraction of sp³-hybridized carbons (Fsp3) is 0.238. The standard InChI is InChI=1S/C21H19F2N3O3S/c1-30-11-13-6-15-9-16(7-13)28-5-4-27-12-29-19-8-14(22)2-3-17(19)20-18(23)10-24-21(25-15)26-20/h2-3,6-10H,4-5,11-12H2,1H3,(H,24,25,26). The molecule has 6 nitrogen and oxygen atoms in total. The van der Waals surface area contributed by atoms with Crippen LogP contribution in [0.5, 0.6) is 11.5 Å². The molecule has 0 amide bonds. The molecule has 0 saturated carbocycles. The first-order valence-corrected chi connectivity index (χ1v) is 10.6. The van der Waals surface area contributed by atoms with Crippen molar-refractivity contribution in [2.45, 2.75) is 5.75 Å². The maximum atomic E-state index is 14.5. The minimum atomic E-state index is -0.651. The lowest BCUT2D eigenvalue weighted by molar-refractivity contribution is 0.00260. The highest BCUT2D eigenvalue weighted by Crippen LogP contribution is 2.32. The van der Waals surface area contributed by atoms with Crippen molar-refractivity contribution in [2.75, 3.05) is 31.6 Å². The molecule has 2 heterocycles. The van der Waals surface area contributed by atoms with Gasteiger partial charge in [-0.15, -0.1) is 0 Å². The number of benzene rings is 2. The van der Waals surface area contributed by atoms with Crippen LogP contribution in [0.2, 0.25) is 0 Å². The van der Waals surface area contributed by atoms with Gasteiger partial charge in [0.15, 0.2) is 12.6 Å². The lowest BCUT2D eigenvalue weighted by Gasteiger charge is -2.13. The Kier molecular flexibility index (Phi) is 6.29. The summed E-state index contributed by atoms with van der Waals surface area (Å²) in [7, 11) is 0. The van der Waals surface area contributed by atoms with E-state index in [9.17, 15) is 8.78 Å². The number of hydrogen-bond donors (Lipinski definition) is 1. The number of rotatable bonds is 2. The van der Waals surface area contributed by atoms with Crippen molar-refractivity contribution in [3.05, 3.63) is 59.8 Å². The lowest BCUT2D eigenvalue weighted by atomic mass is 10.1. The maximum absolute atomic E-state index is 14.5. The summed E-state index contributed by atoms with van der Waals surface area (Å²) in [5.74, 6) is 0.612. The van der Waals surface area contributed by atoms with E-state index >= 15 is 0 Å². The normalized spacial score (nSPS) is 13.7. The smallest absolute Gasteiger partial charge is 0.227 e. The molecular weight excluding hydrogens is 412 g/mol. The molecule has 4 bridgehead atoms. The van der Waals surface area contributed by atoms with Gasteiger partial charge < -0.3 is 19.5 Å². The summed E-state index contributed by atoms with van der Waals surface area (Å²) >= 11 is 1.68. The number of anilines is 2. The number of hydrogen-bond acceptors (Lipinski definition) is 7. The second-order valence-electron chi connectivity index (χ2n) is 6.47.